The Labute approximate surface area is 136 Å². The minimum absolute atomic E-state index is 0.363. The molecule has 1 aliphatic heterocycles. The van der Waals surface area contributed by atoms with Gasteiger partial charge in [0, 0.05) is 22.1 Å². The van der Waals surface area contributed by atoms with E-state index in [1.54, 1.807) is 0 Å². The van der Waals surface area contributed by atoms with Crippen molar-refractivity contribution in [2.75, 3.05) is 26.2 Å². The van der Waals surface area contributed by atoms with Gasteiger partial charge in [-0.05, 0) is 63.0 Å². The molecule has 1 fully saturated rings. The molecule has 2 rings (SSSR count). The smallest absolute Gasteiger partial charge is 0.0464 e. The van der Waals surface area contributed by atoms with Crippen LogP contribution in [0.3, 0.4) is 0 Å². The fraction of sp³-hybridized carbons (Fsp3) is 0.625. The molecule has 0 amide bonds. The first-order valence-electron chi connectivity index (χ1n) is 7.51. The van der Waals surface area contributed by atoms with Crippen molar-refractivity contribution in [3.63, 3.8) is 0 Å². The average molecular weight is 360 g/mol. The van der Waals surface area contributed by atoms with E-state index in [4.69, 9.17) is 11.6 Å². The van der Waals surface area contributed by atoms with Crippen LogP contribution < -0.4 is 5.32 Å². The van der Waals surface area contributed by atoms with Crippen molar-refractivity contribution in [1.29, 1.82) is 0 Å². The van der Waals surface area contributed by atoms with E-state index in [0.717, 1.165) is 35.0 Å². The van der Waals surface area contributed by atoms with E-state index in [2.05, 4.69) is 52.1 Å². The van der Waals surface area contributed by atoms with Crippen LogP contribution in [0.5, 0.6) is 0 Å². The lowest BCUT2D eigenvalue weighted by Gasteiger charge is -2.34. The molecule has 112 valence electrons. The van der Waals surface area contributed by atoms with Gasteiger partial charge in [-0.2, -0.15) is 0 Å². The highest BCUT2D eigenvalue weighted by atomic mass is 79.9. The number of piperidine rings is 1. The first-order chi connectivity index (χ1) is 9.61. The third kappa shape index (κ3) is 4.20. The molecule has 1 heterocycles. The quantitative estimate of drug-likeness (QED) is 0.833. The molecule has 0 radical (unpaired) electrons. The molecule has 1 aromatic carbocycles. The number of nitrogens with zero attached hydrogens (tertiary/aromatic N) is 1. The van der Waals surface area contributed by atoms with Gasteiger partial charge in [0.25, 0.3) is 0 Å². The molecule has 1 aromatic rings. The van der Waals surface area contributed by atoms with Crippen molar-refractivity contribution in [2.24, 2.45) is 5.92 Å². The number of nitrogens with one attached hydrogen (secondary N) is 1. The Morgan fingerprint density at radius 3 is 2.90 bits per heavy atom. The molecule has 0 saturated carbocycles. The Balaban J connectivity index is 2.05. The number of rotatable bonds is 5. The summed E-state index contributed by atoms with van der Waals surface area (Å²) in [5.74, 6) is 0.764. The SMILES string of the molecule is CCN(CC1CCCNC1)C(C)c1ccc(Br)cc1Cl. The Morgan fingerprint density at radius 1 is 1.50 bits per heavy atom. The van der Waals surface area contributed by atoms with Crippen molar-refractivity contribution >= 4 is 27.5 Å². The van der Waals surface area contributed by atoms with Crippen LogP contribution in [0.15, 0.2) is 22.7 Å². The molecular formula is C16H24BrClN2. The van der Waals surface area contributed by atoms with Crippen molar-refractivity contribution in [1.82, 2.24) is 10.2 Å². The lowest BCUT2D eigenvalue weighted by molar-refractivity contribution is 0.171. The molecule has 1 saturated heterocycles. The van der Waals surface area contributed by atoms with E-state index in [0.29, 0.717) is 6.04 Å². The number of halogens is 2. The van der Waals surface area contributed by atoms with Crippen molar-refractivity contribution in [3.8, 4) is 0 Å². The van der Waals surface area contributed by atoms with Crippen LogP contribution in [0.25, 0.3) is 0 Å². The normalized spacial score (nSPS) is 21.1. The highest BCUT2D eigenvalue weighted by molar-refractivity contribution is 9.10. The predicted octanol–water partition coefficient (Wildman–Crippen LogP) is 4.49. The topological polar surface area (TPSA) is 15.3 Å². The minimum Gasteiger partial charge on any atom is -0.316 e. The molecule has 0 aromatic heterocycles. The summed E-state index contributed by atoms with van der Waals surface area (Å²) in [6.45, 7) is 9.03. The number of hydrogen-bond acceptors (Lipinski definition) is 2. The molecular weight excluding hydrogens is 336 g/mol. The van der Waals surface area contributed by atoms with Gasteiger partial charge in [0.15, 0.2) is 0 Å². The van der Waals surface area contributed by atoms with Crippen LogP contribution in [0.1, 0.15) is 38.3 Å². The van der Waals surface area contributed by atoms with Crippen molar-refractivity contribution < 1.29 is 0 Å². The molecule has 0 spiro atoms. The van der Waals surface area contributed by atoms with Crippen LogP contribution in [0, 0.1) is 5.92 Å². The highest BCUT2D eigenvalue weighted by Gasteiger charge is 2.21. The lowest BCUT2D eigenvalue weighted by Crippen LogP contribution is -2.39. The molecule has 1 aliphatic rings. The van der Waals surface area contributed by atoms with Gasteiger partial charge < -0.3 is 5.32 Å². The van der Waals surface area contributed by atoms with E-state index >= 15 is 0 Å². The Morgan fingerprint density at radius 2 is 2.30 bits per heavy atom. The lowest BCUT2D eigenvalue weighted by atomic mass is 9.97. The summed E-state index contributed by atoms with van der Waals surface area (Å²) >= 11 is 9.87. The number of benzene rings is 1. The molecule has 20 heavy (non-hydrogen) atoms. The maximum Gasteiger partial charge on any atom is 0.0464 e. The van der Waals surface area contributed by atoms with Crippen LogP contribution in [-0.2, 0) is 0 Å². The fourth-order valence-electron chi connectivity index (χ4n) is 3.01. The summed E-state index contributed by atoms with van der Waals surface area (Å²) in [6.07, 6.45) is 2.64. The summed E-state index contributed by atoms with van der Waals surface area (Å²) in [4.78, 5) is 2.53. The average Bonchev–Trinajstić information content (AvgIpc) is 2.45. The van der Waals surface area contributed by atoms with Crippen LogP contribution >= 0.6 is 27.5 Å². The van der Waals surface area contributed by atoms with Crippen molar-refractivity contribution in [3.05, 3.63) is 33.3 Å². The van der Waals surface area contributed by atoms with Gasteiger partial charge in [-0.25, -0.2) is 0 Å². The second-order valence-electron chi connectivity index (χ2n) is 5.64. The van der Waals surface area contributed by atoms with E-state index in [-0.39, 0.29) is 0 Å². The van der Waals surface area contributed by atoms with Crippen molar-refractivity contribution in [2.45, 2.75) is 32.7 Å². The zero-order valence-electron chi connectivity index (χ0n) is 12.3. The zero-order valence-corrected chi connectivity index (χ0v) is 14.7. The predicted molar refractivity (Wildman–Crippen MR) is 90.4 cm³/mol. The van der Waals surface area contributed by atoms with Crippen LogP contribution in [0.2, 0.25) is 5.02 Å². The monoisotopic (exact) mass is 358 g/mol. The standard InChI is InChI=1S/C16H24BrClN2/c1-3-20(11-13-5-4-8-19-10-13)12(2)15-7-6-14(17)9-16(15)18/h6-7,9,12-13,19H,3-5,8,10-11H2,1-2H3. The molecule has 4 heteroatoms. The van der Waals surface area contributed by atoms with E-state index in [1.165, 1.54) is 24.9 Å². The van der Waals surface area contributed by atoms with Crippen LogP contribution in [0.4, 0.5) is 0 Å². The minimum atomic E-state index is 0.363. The molecule has 1 N–H and O–H groups in total. The van der Waals surface area contributed by atoms with E-state index < -0.39 is 0 Å². The summed E-state index contributed by atoms with van der Waals surface area (Å²) in [7, 11) is 0. The maximum atomic E-state index is 6.40. The van der Waals surface area contributed by atoms with E-state index in [9.17, 15) is 0 Å². The Kier molecular flexibility index (Phi) is 6.34. The fourth-order valence-corrected chi connectivity index (χ4v) is 3.84. The van der Waals surface area contributed by atoms with Gasteiger partial charge in [-0.15, -0.1) is 0 Å². The first kappa shape index (κ1) is 16.3. The second-order valence-corrected chi connectivity index (χ2v) is 6.96. The largest absolute Gasteiger partial charge is 0.316 e. The van der Waals surface area contributed by atoms with Gasteiger partial charge in [0.05, 0.1) is 0 Å². The summed E-state index contributed by atoms with van der Waals surface area (Å²) in [6, 6.07) is 6.57. The highest BCUT2D eigenvalue weighted by Crippen LogP contribution is 2.30. The maximum absolute atomic E-state index is 6.40. The molecule has 2 unspecified atom stereocenters. The summed E-state index contributed by atoms with van der Waals surface area (Å²) < 4.78 is 1.04. The summed E-state index contributed by atoms with van der Waals surface area (Å²) in [5.41, 5.74) is 1.22. The molecule has 0 aliphatic carbocycles. The third-order valence-corrected chi connectivity index (χ3v) is 5.08. The summed E-state index contributed by atoms with van der Waals surface area (Å²) in [5, 5.41) is 4.36. The van der Waals surface area contributed by atoms with E-state index in [1.807, 2.05) is 6.07 Å². The Hall–Kier alpha value is -0.0900. The van der Waals surface area contributed by atoms with Gasteiger partial charge in [-0.3, -0.25) is 4.90 Å². The first-order valence-corrected chi connectivity index (χ1v) is 8.68. The number of hydrogen-bond donors (Lipinski definition) is 1. The third-order valence-electron chi connectivity index (χ3n) is 4.26. The van der Waals surface area contributed by atoms with Crippen LogP contribution in [-0.4, -0.2) is 31.1 Å². The second kappa shape index (κ2) is 7.79. The molecule has 2 atom stereocenters. The molecule has 2 nitrogen and oxygen atoms in total. The zero-order chi connectivity index (χ0) is 14.5. The molecule has 0 bridgehead atoms. The van der Waals surface area contributed by atoms with Gasteiger partial charge in [0.2, 0.25) is 0 Å². The van der Waals surface area contributed by atoms with Gasteiger partial charge in [-0.1, -0.05) is 40.5 Å². The van der Waals surface area contributed by atoms with Gasteiger partial charge in [0.1, 0.15) is 0 Å². The Bertz CT molecular complexity index is 432. The van der Waals surface area contributed by atoms with Gasteiger partial charge >= 0.3 is 0 Å².